The minimum Gasteiger partial charge on any atom is -0.469 e. The molecule has 18 heavy (non-hydrogen) atoms. The topological polar surface area (TPSA) is 78.9 Å². The van der Waals surface area contributed by atoms with Gasteiger partial charge in [-0.1, -0.05) is 6.42 Å². The lowest BCUT2D eigenvalue weighted by Gasteiger charge is -2.32. The highest BCUT2D eigenvalue weighted by molar-refractivity contribution is 5.87. The lowest BCUT2D eigenvalue weighted by molar-refractivity contribution is -0.168. The van der Waals surface area contributed by atoms with E-state index in [1.165, 1.54) is 21.3 Å². The first-order valence-corrected chi connectivity index (χ1v) is 5.80. The Hall–Kier alpha value is -1.59. The van der Waals surface area contributed by atoms with Gasteiger partial charge in [-0.15, -0.1) is 0 Å². The molecule has 0 aliphatic heterocycles. The van der Waals surface area contributed by atoms with Crippen LogP contribution in [0.25, 0.3) is 0 Å². The van der Waals surface area contributed by atoms with Crippen LogP contribution in [-0.4, -0.2) is 39.2 Å². The fraction of sp³-hybridized carbons (Fsp3) is 0.750. The SMILES string of the molecule is COC(=O)C1CCCC(C(=O)OC)C1C(=O)OC. The van der Waals surface area contributed by atoms with Crippen molar-refractivity contribution in [1.82, 2.24) is 0 Å². The van der Waals surface area contributed by atoms with Crippen LogP contribution in [0.15, 0.2) is 0 Å². The van der Waals surface area contributed by atoms with Gasteiger partial charge >= 0.3 is 17.9 Å². The summed E-state index contributed by atoms with van der Waals surface area (Å²) in [6, 6.07) is 0. The first-order valence-electron chi connectivity index (χ1n) is 5.80. The Morgan fingerprint density at radius 2 is 1.17 bits per heavy atom. The van der Waals surface area contributed by atoms with E-state index in [0.717, 1.165) is 0 Å². The Morgan fingerprint density at radius 3 is 1.50 bits per heavy atom. The van der Waals surface area contributed by atoms with E-state index in [-0.39, 0.29) is 0 Å². The Labute approximate surface area is 106 Å². The molecule has 1 saturated carbocycles. The van der Waals surface area contributed by atoms with Crippen molar-refractivity contribution >= 4 is 17.9 Å². The summed E-state index contributed by atoms with van der Waals surface area (Å²) >= 11 is 0. The van der Waals surface area contributed by atoms with Crippen LogP contribution in [0.5, 0.6) is 0 Å². The minimum atomic E-state index is -0.816. The van der Waals surface area contributed by atoms with Crippen LogP contribution in [0.1, 0.15) is 19.3 Å². The molecule has 0 amide bonds. The third-order valence-corrected chi connectivity index (χ3v) is 3.38. The highest BCUT2D eigenvalue weighted by Gasteiger charge is 2.46. The van der Waals surface area contributed by atoms with Gasteiger partial charge in [-0.05, 0) is 12.8 Å². The highest BCUT2D eigenvalue weighted by atomic mass is 16.5. The van der Waals surface area contributed by atoms with Crippen LogP contribution in [0.3, 0.4) is 0 Å². The van der Waals surface area contributed by atoms with Crippen molar-refractivity contribution in [2.45, 2.75) is 19.3 Å². The zero-order valence-electron chi connectivity index (χ0n) is 10.8. The molecule has 0 aromatic heterocycles. The lowest BCUT2D eigenvalue weighted by atomic mass is 9.72. The van der Waals surface area contributed by atoms with Crippen LogP contribution >= 0.6 is 0 Å². The minimum absolute atomic E-state index is 0.487. The number of hydrogen-bond donors (Lipinski definition) is 0. The molecule has 2 unspecified atom stereocenters. The third kappa shape index (κ3) is 2.80. The quantitative estimate of drug-likeness (QED) is 0.543. The van der Waals surface area contributed by atoms with Gasteiger partial charge in [-0.2, -0.15) is 0 Å². The van der Waals surface area contributed by atoms with Crippen molar-refractivity contribution < 1.29 is 28.6 Å². The number of esters is 3. The molecule has 0 bridgehead atoms. The number of hydrogen-bond acceptors (Lipinski definition) is 6. The molecule has 6 heteroatoms. The van der Waals surface area contributed by atoms with Gasteiger partial charge in [0.2, 0.25) is 0 Å². The van der Waals surface area contributed by atoms with E-state index < -0.39 is 35.7 Å². The third-order valence-electron chi connectivity index (χ3n) is 3.38. The largest absolute Gasteiger partial charge is 0.469 e. The Bertz CT molecular complexity index is 313. The van der Waals surface area contributed by atoms with Crippen LogP contribution in [0, 0.1) is 17.8 Å². The first-order chi connectivity index (χ1) is 8.56. The highest BCUT2D eigenvalue weighted by Crippen LogP contribution is 2.37. The maximum atomic E-state index is 11.8. The Kier molecular flexibility index (Phi) is 5.12. The van der Waals surface area contributed by atoms with Crippen molar-refractivity contribution in [1.29, 1.82) is 0 Å². The van der Waals surface area contributed by atoms with E-state index in [1.54, 1.807) is 0 Å². The van der Waals surface area contributed by atoms with Gasteiger partial charge in [0.25, 0.3) is 0 Å². The van der Waals surface area contributed by atoms with Gasteiger partial charge in [0.05, 0.1) is 39.1 Å². The molecule has 1 rings (SSSR count). The van der Waals surface area contributed by atoms with Crippen LogP contribution < -0.4 is 0 Å². The predicted molar refractivity (Wildman–Crippen MR) is 60.4 cm³/mol. The maximum absolute atomic E-state index is 11.8. The second kappa shape index (κ2) is 6.37. The summed E-state index contributed by atoms with van der Waals surface area (Å²) in [5.41, 5.74) is 0. The number of ether oxygens (including phenoxy) is 3. The zero-order valence-corrected chi connectivity index (χ0v) is 10.8. The second-order valence-corrected chi connectivity index (χ2v) is 4.24. The molecular formula is C12H18O6. The Balaban J connectivity index is 3.00. The molecule has 0 aromatic carbocycles. The second-order valence-electron chi connectivity index (χ2n) is 4.24. The smallest absolute Gasteiger partial charge is 0.310 e. The lowest BCUT2D eigenvalue weighted by Crippen LogP contribution is -2.43. The average Bonchev–Trinajstić information content (AvgIpc) is 2.43. The van der Waals surface area contributed by atoms with Gasteiger partial charge in [-0.3, -0.25) is 14.4 Å². The van der Waals surface area contributed by atoms with E-state index in [2.05, 4.69) is 14.2 Å². The Morgan fingerprint density at radius 1 is 0.778 bits per heavy atom. The van der Waals surface area contributed by atoms with Crippen LogP contribution in [-0.2, 0) is 28.6 Å². The van der Waals surface area contributed by atoms with Gasteiger partial charge in [-0.25, -0.2) is 0 Å². The molecule has 0 saturated heterocycles. The molecule has 0 heterocycles. The summed E-state index contributed by atoms with van der Waals surface area (Å²) in [5.74, 6) is -3.64. The molecule has 6 nitrogen and oxygen atoms in total. The summed E-state index contributed by atoms with van der Waals surface area (Å²) < 4.78 is 14.0. The monoisotopic (exact) mass is 258 g/mol. The average molecular weight is 258 g/mol. The zero-order chi connectivity index (χ0) is 13.7. The molecule has 0 spiro atoms. The number of carbonyl (C=O) groups is 3. The number of carbonyl (C=O) groups excluding carboxylic acids is 3. The summed E-state index contributed by atoms with van der Waals surface area (Å²) in [5, 5.41) is 0. The molecule has 1 aliphatic carbocycles. The normalized spacial score (nSPS) is 27.2. The van der Waals surface area contributed by atoms with Gasteiger partial charge in [0.15, 0.2) is 0 Å². The van der Waals surface area contributed by atoms with Gasteiger partial charge in [0, 0.05) is 0 Å². The maximum Gasteiger partial charge on any atom is 0.310 e. The van der Waals surface area contributed by atoms with Gasteiger partial charge in [0.1, 0.15) is 0 Å². The van der Waals surface area contributed by atoms with Crippen LogP contribution in [0.2, 0.25) is 0 Å². The standard InChI is InChI=1S/C12H18O6/c1-16-10(13)7-5-4-6-8(11(14)17-2)9(7)12(15)18-3/h7-9H,4-6H2,1-3H3. The summed E-state index contributed by atoms with van der Waals surface area (Å²) in [6.45, 7) is 0. The molecular weight excluding hydrogens is 240 g/mol. The van der Waals surface area contributed by atoms with E-state index >= 15 is 0 Å². The fourth-order valence-corrected chi connectivity index (χ4v) is 2.49. The molecule has 2 atom stereocenters. The van der Waals surface area contributed by atoms with E-state index in [0.29, 0.717) is 19.3 Å². The summed E-state index contributed by atoms with van der Waals surface area (Å²) in [4.78, 5) is 35.1. The van der Waals surface area contributed by atoms with Crippen molar-refractivity contribution in [3.05, 3.63) is 0 Å². The van der Waals surface area contributed by atoms with E-state index in [9.17, 15) is 14.4 Å². The molecule has 0 radical (unpaired) electrons. The molecule has 102 valence electrons. The molecule has 1 aliphatic rings. The first kappa shape index (κ1) is 14.5. The van der Waals surface area contributed by atoms with Crippen molar-refractivity contribution in [3.63, 3.8) is 0 Å². The molecule has 0 N–H and O–H groups in total. The van der Waals surface area contributed by atoms with Gasteiger partial charge < -0.3 is 14.2 Å². The van der Waals surface area contributed by atoms with E-state index in [1.807, 2.05) is 0 Å². The van der Waals surface area contributed by atoms with E-state index in [4.69, 9.17) is 0 Å². The number of rotatable bonds is 3. The molecule has 1 fully saturated rings. The summed E-state index contributed by atoms with van der Waals surface area (Å²) in [7, 11) is 3.76. The number of methoxy groups -OCH3 is 3. The fourth-order valence-electron chi connectivity index (χ4n) is 2.49. The van der Waals surface area contributed by atoms with Crippen molar-refractivity contribution in [2.75, 3.05) is 21.3 Å². The predicted octanol–water partition coefficient (Wildman–Crippen LogP) is 0.538. The van der Waals surface area contributed by atoms with Crippen molar-refractivity contribution in [2.24, 2.45) is 17.8 Å². The molecule has 0 aromatic rings. The van der Waals surface area contributed by atoms with Crippen LogP contribution in [0.4, 0.5) is 0 Å². The van der Waals surface area contributed by atoms with Crippen molar-refractivity contribution in [3.8, 4) is 0 Å². The summed E-state index contributed by atoms with van der Waals surface area (Å²) in [6.07, 6.45) is 1.70.